The molecule has 2 amide bonds. The largest absolute Gasteiger partial charge is 0.333 e. The lowest BCUT2D eigenvalue weighted by atomic mass is 10.2. The van der Waals surface area contributed by atoms with E-state index in [2.05, 4.69) is 25.7 Å². The number of amides is 2. The molecule has 0 fully saturated rings. The van der Waals surface area contributed by atoms with E-state index in [9.17, 15) is 4.79 Å². The second-order valence-electron chi connectivity index (χ2n) is 4.87. The summed E-state index contributed by atoms with van der Waals surface area (Å²) in [6.45, 7) is 0.813. The van der Waals surface area contributed by atoms with Crippen molar-refractivity contribution in [2.24, 2.45) is 7.05 Å². The highest BCUT2D eigenvalue weighted by molar-refractivity contribution is 7.09. The van der Waals surface area contributed by atoms with Crippen LogP contribution >= 0.6 is 11.3 Å². The molecule has 3 aromatic rings. The van der Waals surface area contributed by atoms with Crippen LogP contribution in [0.25, 0.3) is 11.3 Å². The Kier molecular flexibility index (Phi) is 4.62. The van der Waals surface area contributed by atoms with Crippen molar-refractivity contribution in [2.45, 2.75) is 13.1 Å². The molecule has 3 aromatic heterocycles. The first-order chi connectivity index (χ1) is 11.2. The second-order valence-corrected chi connectivity index (χ2v) is 5.90. The molecule has 7 nitrogen and oxygen atoms in total. The average molecular weight is 328 g/mol. The minimum Gasteiger partial charge on any atom is -0.333 e. The van der Waals surface area contributed by atoms with Gasteiger partial charge in [-0.25, -0.2) is 4.79 Å². The van der Waals surface area contributed by atoms with Crippen molar-refractivity contribution >= 4 is 17.4 Å². The smallest absolute Gasteiger partial charge is 0.315 e. The van der Waals surface area contributed by atoms with Crippen molar-refractivity contribution in [1.29, 1.82) is 0 Å². The van der Waals surface area contributed by atoms with Crippen LogP contribution in [0.5, 0.6) is 0 Å². The first-order valence-corrected chi connectivity index (χ1v) is 7.93. The Balaban J connectivity index is 1.61. The Morgan fingerprint density at radius 2 is 2.09 bits per heavy atom. The third-order valence-corrected chi connectivity index (χ3v) is 4.05. The number of rotatable bonds is 5. The lowest BCUT2D eigenvalue weighted by Gasteiger charge is -2.08. The van der Waals surface area contributed by atoms with Crippen LogP contribution in [-0.2, 0) is 20.1 Å². The molecule has 3 heterocycles. The van der Waals surface area contributed by atoms with Gasteiger partial charge in [-0.15, -0.1) is 11.3 Å². The average Bonchev–Trinajstić information content (AvgIpc) is 3.22. The van der Waals surface area contributed by atoms with Gasteiger partial charge in [-0.3, -0.25) is 14.6 Å². The summed E-state index contributed by atoms with van der Waals surface area (Å²) < 4.78 is 1.70. The number of aryl methyl sites for hydroxylation is 1. The Morgan fingerprint density at radius 1 is 1.26 bits per heavy atom. The van der Waals surface area contributed by atoms with Crippen molar-refractivity contribution in [3.63, 3.8) is 0 Å². The summed E-state index contributed by atoms with van der Waals surface area (Å²) in [6, 6.07) is 3.70. The summed E-state index contributed by atoms with van der Waals surface area (Å²) >= 11 is 1.61. The van der Waals surface area contributed by atoms with Crippen LogP contribution in [0, 0.1) is 0 Å². The van der Waals surface area contributed by atoms with Crippen LogP contribution in [0.3, 0.4) is 0 Å². The lowest BCUT2D eigenvalue weighted by molar-refractivity contribution is 0.240. The van der Waals surface area contributed by atoms with Gasteiger partial charge in [0.15, 0.2) is 0 Å². The number of thiophene rings is 1. The lowest BCUT2D eigenvalue weighted by Crippen LogP contribution is -2.34. The van der Waals surface area contributed by atoms with Gasteiger partial charge in [0, 0.05) is 36.1 Å². The number of hydrogen-bond donors (Lipinski definition) is 2. The maximum atomic E-state index is 11.9. The first-order valence-electron chi connectivity index (χ1n) is 7.05. The van der Waals surface area contributed by atoms with Crippen molar-refractivity contribution in [3.05, 3.63) is 52.9 Å². The molecule has 0 atom stereocenters. The van der Waals surface area contributed by atoms with Crippen molar-refractivity contribution in [3.8, 4) is 11.3 Å². The van der Waals surface area contributed by atoms with Crippen molar-refractivity contribution in [1.82, 2.24) is 30.4 Å². The van der Waals surface area contributed by atoms with E-state index < -0.39 is 0 Å². The van der Waals surface area contributed by atoms with Crippen LogP contribution < -0.4 is 10.6 Å². The zero-order chi connectivity index (χ0) is 16.1. The predicted octanol–water partition coefficient (Wildman–Crippen LogP) is 1.94. The number of nitrogens with one attached hydrogen (secondary N) is 2. The number of aromatic nitrogens is 4. The summed E-state index contributed by atoms with van der Waals surface area (Å²) in [5, 5.41) is 11.7. The summed E-state index contributed by atoms with van der Waals surface area (Å²) in [6.07, 6.45) is 6.83. The maximum absolute atomic E-state index is 11.9. The minimum absolute atomic E-state index is 0.235. The molecule has 0 aliphatic heterocycles. The highest BCUT2D eigenvalue weighted by Crippen LogP contribution is 2.18. The third-order valence-electron chi connectivity index (χ3n) is 3.17. The maximum Gasteiger partial charge on any atom is 0.315 e. The molecule has 0 aliphatic carbocycles. The molecule has 0 spiro atoms. The van der Waals surface area contributed by atoms with Crippen LogP contribution in [0.2, 0.25) is 0 Å². The number of carbonyl (C=O) groups excluding carboxylic acids is 1. The van der Waals surface area contributed by atoms with Crippen LogP contribution in [-0.4, -0.2) is 25.8 Å². The zero-order valence-corrected chi connectivity index (χ0v) is 13.4. The minimum atomic E-state index is -0.235. The van der Waals surface area contributed by atoms with E-state index in [1.54, 1.807) is 34.6 Å². The fourth-order valence-electron chi connectivity index (χ4n) is 2.09. The van der Waals surface area contributed by atoms with E-state index in [0.717, 1.165) is 16.1 Å². The third kappa shape index (κ3) is 3.92. The van der Waals surface area contributed by atoms with E-state index in [-0.39, 0.29) is 6.03 Å². The number of nitrogens with zero attached hydrogens (tertiary/aromatic N) is 4. The molecular weight excluding hydrogens is 312 g/mol. The SMILES string of the molecule is Cn1cc(-c2nccnc2CNC(=O)NCc2cccs2)cn1. The zero-order valence-electron chi connectivity index (χ0n) is 12.6. The monoisotopic (exact) mass is 328 g/mol. The van der Waals surface area contributed by atoms with Crippen molar-refractivity contribution < 1.29 is 4.79 Å². The van der Waals surface area contributed by atoms with Gasteiger partial charge in [0.2, 0.25) is 0 Å². The van der Waals surface area contributed by atoms with Crippen LogP contribution in [0.1, 0.15) is 10.6 Å². The van der Waals surface area contributed by atoms with E-state index in [0.29, 0.717) is 18.8 Å². The number of hydrogen-bond acceptors (Lipinski definition) is 5. The Labute approximate surface area is 137 Å². The Morgan fingerprint density at radius 3 is 2.83 bits per heavy atom. The Hall–Kier alpha value is -2.74. The van der Waals surface area contributed by atoms with Gasteiger partial charge in [-0.2, -0.15) is 5.10 Å². The quantitative estimate of drug-likeness (QED) is 0.749. The number of urea groups is 1. The fourth-order valence-corrected chi connectivity index (χ4v) is 2.73. The van der Waals surface area contributed by atoms with E-state index >= 15 is 0 Å². The van der Waals surface area contributed by atoms with Gasteiger partial charge in [-0.1, -0.05) is 6.07 Å². The van der Waals surface area contributed by atoms with E-state index in [1.165, 1.54) is 0 Å². The molecule has 0 unspecified atom stereocenters. The molecular formula is C15H16N6OS. The second kappa shape index (κ2) is 7.01. The van der Waals surface area contributed by atoms with Gasteiger partial charge in [0.1, 0.15) is 0 Å². The van der Waals surface area contributed by atoms with Crippen LogP contribution in [0.4, 0.5) is 4.79 Å². The standard InChI is InChI=1S/C15H16N6OS/c1-21-10-11(7-20-21)14-13(16-4-5-17-14)9-19-15(22)18-8-12-3-2-6-23-12/h2-7,10H,8-9H2,1H3,(H2,18,19,22). The van der Waals surface area contributed by atoms with Gasteiger partial charge in [-0.05, 0) is 11.4 Å². The molecule has 8 heteroatoms. The Bertz CT molecular complexity index is 783. The summed E-state index contributed by atoms with van der Waals surface area (Å²) in [5.41, 5.74) is 2.29. The van der Waals surface area contributed by atoms with Crippen molar-refractivity contribution in [2.75, 3.05) is 0 Å². The molecule has 23 heavy (non-hydrogen) atoms. The molecule has 118 valence electrons. The van der Waals surface area contributed by atoms with E-state index in [4.69, 9.17) is 0 Å². The highest BCUT2D eigenvalue weighted by atomic mass is 32.1. The fraction of sp³-hybridized carbons (Fsp3) is 0.200. The molecule has 0 aliphatic rings. The molecule has 3 rings (SSSR count). The summed E-state index contributed by atoms with van der Waals surface area (Å²) in [7, 11) is 1.84. The highest BCUT2D eigenvalue weighted by Gasteiger charge is 2.10. The molecule has 0 saturated carbocycles. The molecule has 0 bridgehead atoms. The summed E-state index contributed by atoms with van der Waals surface area (Å²) in [5.74, 6) is 0. The van der Waals surface area contributed by atoms with Crippen LogP contribution in [0.15, 0.2) is 42.3 Å². The topological polar surface area (TPSA) is 84.7 Å². The summed E-state index contributed by atoms with van der Waals surface area (Å²) in [4.78, 5) is 21.6. The van der Waals surface area contributed by atoms with Gasteiger partial charge >= 0.3 is 6.03 Å². The van der Waals surface area contributed by atoms with E-state index in [1.807, 2.05) is 30.8 Å². The molecule has 0 aromatic carbocycles. The van der Waals surface area contributed by atoms with Gasteiger partial charge in [0.05, 0.1) is 30.7 Å². The van der Waals surface area contributed by atoms with Gasteiger partial charge < -0.3 is 10.6 Å². The molecule has 0 saturated heterocycles. The number of carbonyl (C=O) groups is 1. The normalized spacial score (nSPS) is 10.5. The molecule has 0 radical (unpaired) electrons. The predicted molar refractivity (Wildman–Crippen MR) is 87.6 cm³/mol. The first kappa shape index (κ1) is 15.2. The molecule has 2 N–H and O–H groups in total. The van der Waals surface area contributed by atoms with Gasteiger partial charge in [0.25, 0.3) is 0 Å².